The number of carbonyl (C=O) groups is 1. The molecule has 1 saturated carbocycles. The van der Waals surface area contributed by atoms with Crippen LogP contribution in [-0.2, 0) is 6.42 Å². The van der Waals surface area contributed by atoms with E-state index in [9.17, 15) is 4.79 Å². The summed E-state index contributed by atoms with van der Waals surface area (Å²) in [6, 6.07) is 10.3. The number of anilines is 1. The van der Waals surface area contributed by atoms with Crippen molar-refractivity contribution in [2.75, 3.05) is 11.9 Å². The normalized spacial score (nSPS) is 24.5. The molecule has 1 amide bonds. The Hall–Kier alpha value is -2.07. The molecule has 2 aliphatic rings. The van der Waals surface area contributed by atoms with E-state index in [-0.39, 0.29) is 0 Å². The number of hydrogen-bond donors (Lipinski definition) is 2. The van der Waals surface area contributed by atoms with E-state index in [0.717, 1.165) is 12.5 Å². The Bertz CT molecular complexity index is 761. The molecule has 0 bridgehead atoms. The van der Waals surface area contributed by atoms with Crippen molar-refractivity contribution in [2.45, 2.75) is 12.3 Å². The van der Waals surface area contributed by atoms with E-state index in [2.05, 4.69) is 34.6 Å². The largest absolute Gasteiger partial charge is 0.369 e. The number of aromatic nitrogens is 1. The minimum absolute atomic E-state index is 0.327. The smallest absolute Gasteiger partial charge is 0.250 e. The van der Waals surface area contributed by atoms with Crippen molar-refractivity contribution < 1.29 is 4.79 Å². The molecule has 0 aliphatic heterocycles. The quantitative estimate of drug-likeness (QED) is 0.912. The number of amides is 1. The molecule has 22 heavy (non-hydrogen) atoms. The van der Waals surface area contributed by atoms with Gasteiger partial charge in [0.25, 0.3) is 0 Å². The average Bonchev–Trinajstić information content (AvgIpc) is 3.04. The first-order chi connectivity index (χ1) is 10.6. The number of rotatable bonds is 4. The minimum atomic E-state index is -0.519. The number of nitrogens with one attached hydrogen (secondary N) is 1. The Kier molecular flexibility index (Phi) is 3.08. The molecule has 3 unspecified atom stereocenters. The van der Waals surface area contributed by atoms with Gasteiger partial charge in [0.15, 0.2) is 0 Å². The molecule has 3 N–H and O–H groups in total. The van der Waals surface area contributed by atoms with E-state index in [1.165, 1.54) is 23.7 Å². The van der Waals surface area contributed by atoms with E-state index in [4.69, 9.17) is 17.3 Å². The molecule has 2 aliphatic carbocycles. The maximum absolute atomic E-state index is 11.1. The van der Waals surface area contributed by atoms with Crippen molar-refractivity contribution in [1.29, 1.82) is 0 Å². The van der Waals surface area contributed by atoms with E-state index in [1.807, 2.05) is 0 Å². The lowest BCUT2D eigenvalue weighted by molar-refractivity contribution is 0.1000. The predicted molar refractivity (Wildman–Crippen MR) is 86.1 cm³/mol. The van der Waals surface area contributed by atoms with Gasteiger partial charge in [-0.2, -0.15) is 0 Å². The molecular formula is C17H16ClN3O. The first-order valence-electron chi connectivity index (χ1n) is 7.42. The highest BCUT2D eigenvalue weighted by atomic mass is 35.5. The molecule has 0 radical (unpaired) electrons. The lowest BCUT2D eigenvalue weighted by atomic mass is 10.0. The topological polar surface area (TPSA) is 68.0 Å². The Morgan fingerprint density at radius 2 is 2.23 bits per heavy atom. The Morgan fingerprint density at radius 3 is 3.00 bits per heavy atom. The van der Waals surface area contributed by atoms with Crippen molar-refractivity contribution in [3.8, 4) is 0 Å². The van der Waals surface area contributed by atoms with Gasteiger partial charge in [-0.05, 0) is 41.4 Å². The number of halogens is 1. The zero-order valence-electron chi connectivity index (χ0n) is 11.9. The van der Waals surface area contributed by atoms with Crippen LogP contribution in [-0.4, -0.2) is 17.4 Å². The number of carbonyl (C=O) groups excluding carboxylic acids is 1. The Labute approximate surface area is 133 Å². The summed E-state index contributed by atoms with van der Waals surface area (Å²) in [7, 11) is 0. The van der Waals surface area contributed by atoms with Gasteiger partial charge in [-0.25, -0.2) is 4.98 Å². The van der Waals surface area contributed by atoms with Crippen LogP contribution in [0.5, 0.6) is 0 Å². The summed E-state index contributed by atoms with van der Waals surface area (Å²) in [4.78, 5) is 15.3. The lowest BCUT2D eigenvalue weighted by Gasteiger charge is -2.10. The van der Waals surface area contributed by atoms with Crippen LogP contribution in [0.25, 0.3) is 0 Å². The molecule has 0 spiro atoms. The van der Waals surface area contributed by atoms with Crippen molar-refractivity contribution in [3.05, 3.63) is 58.2 Å². The molecule has 4 nitrogen and oxygen atoms in total. The first kappa shape index (κ1) is 13.6. The van der Waals surface area contributed by atoms with Gasteiger partial charge in [0.2, 0.25) is 5.91 Å². The molecule has 1 aromatic heterocycles. The fraction of sp³-hybridized carbons (Fsp3) is 0.294. The Balaban J connectivity index is 1.42. The van der Waals surface area contributed by atoms with Gasteiger partial charge in [0, 0.05) is 12.7 Å². The second-order valence-corrected chi connectivity index (χ2v) is 6.46. The lowest BCUT2D eigenvalue weighted by Crippen LogP contribution is -2.13. The number of nitrogens with zero attached hydrogens (tertiary/aromatic N) is 1. The highest BCUT2D eigenvalue weighted by molar-refractivity contribution is 6.33. The summed E-state index contributed by atoms with van der Waals surface area (Å²) in [6.45, 7) is 0.853. The molecule has 3 atom stereocenters. The fourth-order valence-corrected chi connectivity index (χ4v) is 3.91. The summed E-state index contributed by atoms with van der Waals surface area (Å²) in [6.07, 6.45) is 2.63. The zero-order valence-corrected chi connectivity index (χ0v) is 12.7. The number of benzene rings is 1. The standard InChI is InChI=1S/C17H16ClN3O/c18-14-6-10(16(19)22)7-20-17(14)21-8-13-12-5-9-3-1-2-4-11(9)15(12)13/h1-4,6-7,12-13,15H,5,8H2,(H2,19,22)(H,20,21). The molecule has 1 heterocycles. The molecule has 5 heteroatoms. The summed E-state index contributed by atoms with van der Waals surface area (Å²) in [5, 5.41) is 3.74. The molecule has 112 valence electrons. The van der Waals surface area contributed by atoms with Gasteiger partial charge in [-0.15, -0.1) is 0 Å². The predicted octanol–water partition coefficient (Wildman–Crippen LogP) is 2.83. The maximum Gasteiger partial charge on any atom is 0.250 e. The second-order valence-electron chi connectivity index (χ2n) is 6.06. The van der Waals surface area contributed by atoms with Gasteiger partial charge in [-0.1, -0.05) is 35.9 Å². The van der Waals surface area contributed by atoms with Crippen LogP contribution in [0.3, 0.4) is 0 Å². The van der Waals surface area contributed by atoms with Gasteiger partial charge in [-0.3, -0.25) is 4.79 Å². The number of hydrogen-bond acceptors (Lipinski definition) is 3. The number of fused-ring (bicyclic) bond motifs is 3. The van der Waals surface area contributed by atoms with Crippen molar-refractivity contribution in [2.24, 2.45) is 17.6 Å². The van der Waals surface area contributed by atoms with Crippen molar-refractivity contribution in [3.63, 3.8) is 0 Å². The minimum Gasteiger partial charge on any atom is -0.369 e. The maximum atomic E-state index is 11.1. The van der Waals surface area contributed by atoms with E-state index < -0.39 is 5.91 Å². The molecule has 1 fully saturated rings. The number of pyridine rings is 1. The monoisotopic (exact) mass is 313 g/mol. The first-order valence-corrected chi connectivity index (χ1v) is 7.80. The molecule has 2 aromatic rings. The van der Waals surface area contributed by atoms with Crippen LogP contribution in [0.4, 0.5) is 5.82 Å². The molecule has 1 aromatic carbocycles. The van der Waals surface area contributed by atoms with Crippen LogP contribution < -0.4 is 11.1 Å². The van der Waals surface area contributed by atoms with Crippen LogP contribution >= 0.6 is 11.6 Å². The average molecular weight is 314 g/mol. The summed E-state index contributed by atoms with van der Waals surface area (Å²) in [5.41, 5.74) is 8.54. The highest BCUT2D eigenvalue weighted by Gasteiger charge is 2.54. The van der Waals surface area contributed by atoms with Gasteiger partial charge in [0.05, 0.1) is 10.6 Å². The number of nitrogens with two attached hydrogens (primary N) is 1. The summed E-state index contributed by atoms with van der Waals surface area (Å²) in [5.74, 6) is 2.16. The highest BCUT2D eigenvalue weighted by Crippen LogP contribution is 2.61. The van der Waals surface area contributed by atoms with Crippen LogP contribution in [0.1, 0.15) is 27.4 Å². The van der Waals surface area contributed by atoms with E-state index in [1.54, 1.807) is 6.07 Å². The van der Waals surface area contributed by atoms with Crippen LogP contribution in [0.15, 0.2) is 36.5 Å². The zero-order chi connectivity index (χ0) is 15.3. The van der Waals surface area contributed by atoms with E-state index in [0.29, 0.717) is 28.2 Å². The van der Waals surface area contributed by atoms with Crippen LogP contribution in [0, 0.1) is 11.8 Å². The summed E-state index contributed by atoms with van der Waals surface area (Å²) >= 11 is 6.15. The molecule has 0 saturated heterocycles. The van der Waals surface area contributed by atoms with E-state index >= 15 is 0 Å². The Morgan fingerprint density at radius 1 is 1.41 bits per heavy atom. The van der Waals surface area contributed by atoms with Gasteiger partial charge >= 0.3 is 0 Å². The number of primary amides is 1. The second kappa shape index (κ2) is 4.99. The van der Waals surface area contributed by atoms with Gasteiger partial charge < -0.3 is 11.1 Å². The SMILES string of the molecule is NC(=O)c1cnc(NCC2C3Cc4ccccc4C23)c(Cl)c1. The van der Waals surface area contributed by atoms with Crippen LogP contribution in [0.2, 0.25) is 5.02 Å². The van der Waals surface area contributed by atoms with Crippen molar-refractivity contribution >= 4 is 23.3 Å². The molecular weight excluding hydrogens is 298 g/mol. The third-order valence-corrected chi connectivity index (χ3v) is 5.12. The van der Waals surface area contributed by atoms with Gasteiger partial charge in [0.1, 0.15) is 5.82 Å². The third-order valence-electron chi connectivity index (χ3n) is 4.83. The fourth-order valence-electron chi connectivity index (χ4n) is 3.68. The summed E-state index contributed by atoms with van der Waals surface area (Å²) < 4.78 is 0. The molecule has 4 rings (SSSR count). The third kappa shape index (κ3) is 2.15. The van der Waals surface area contributed by atoms with Crippen molar-refractivity contribution in [1.82, 2.24) is 4.98 Å².